The summed E-state index contributed by atoms with van der Waals surface area (Å²) in [6.07, 6.45) is 1.83. The summed E-state index contributed by atoms with van der Waals surface area (Å²) in [5.41, 5.74) is 4.38. The summed E-state index contributed by atoms with van der Waals surface area (Å²) in [6.45, 7) is 6.02. The van der Waals surface area contributed by atoms with Crippen LogP contribution in [-0.4, -0.2) is 4.98 Å². The Morgan fingerprint density at radius 1 is 0.926 bits per heavy atom. The summed E-state index contributed by atoms with van der Waals surface area (Å²) in [5.74, 6) is -0.640. The van der Waals surface area contributed by atoms with Gasteiger partial charge in [-0.3, -0.25) is 4.98 Å². The summed E-state index contributed by atoms with van der Waals surface area (Å²) >= 11 is 1.84. The lowest BCUT2D eigenvalue weighted by molar-refractivity contribution is 0.864. The lowest BCUT2D eigenvalue weighted by Crippen LogP contribution is -1.90. The number of aryl methyl sites for hydroxylation is 1. The van der Waals surface area contributed by atoms with Crippen molar-refractivity contribution in [3.63, 3.8) is 0 Å². The van der Waals surface area contributed by atoms with Gasteiger partial charge in [-0.1, -0.05) is 56.3 Å². The Kier molecular flexibility index (Phi) is 3.51. The highest BCUT2D eigenvalue weighted by molar-refractivity contribution is 7.26. The van der Waals surface area contributed by atoms with E-state index in [-0.39, 0.29) is 0 Å². The van der Waals surface area contributed by atoms with Crippen molar-refractivity contribution in [1.29, 1.82) is 0 Å². The fourth-order valence-electron chi connectivity index (χ4n) is 3.93. The van der Waals surface area contributed by atoms with Gasteiger partial charge in [0.2, 0.25) is 0 Å². The van der Waals surface area contributed by atoms with Crippen molar-refractivity contribution >= 4 is 42.3 Å². The molecule has 27 heavy (non-hydrogen) atoms. The van der Waals surface area contributed by atoms with Gasteiger partial charge in [0, 0.05) is 33.3 Å². The largest absolute Gasteiger partial charge is 0.256 e. The van der Waals surface area contributed by atoms with Crippen molar-refractivity contribution in [1.82, 2.24) is 4.98 Å². The van der Waals surface area contributed by atoms with E-state index in [9.17, 15) is 0 Å². The SMILES string of the molecule is [2H]C(C)(C)c1ccnc(-c2cccc3c2sc2cc(C)c4ccccc4c23)c1. The van der Waals surface area contributed by atoms with Gasteiger partial charge in [-0.15, -0.1) is 11.3 Å². The van der Waals surface area contributed by atoms with Crippen molar-refractivity contribution in [3.05, 3.63) is 78.0 Å². The molecule has 0 aliphatic heterocycles. The van der Waals surface area contributed by atoms with Gasteiger partial charge in [-0.25, -0.2) is 0 Å². The van der Waals surface area contributed by atoms with E-state index >= 15 is 0 Å². The van der Waals surface area contributed by atoms with Crippen LogP contribution in [0.15, 0.2) is 66.9 Å². The van der Waals surface area contributed by atoms with E-state index in [4.69, 9.17) is 1.37 Å². The second-order valence-electron chi connectivity index (χ2n) is 7.33. The number of hydrogen-bond acceptors (Lipinski definition) is 2. The number of rotatable bonds is 2. The monoisotopic (exact) mass is 368 g/mol. The first-order chi connectivity index (χ1) is 13.4. The van der Waals surface area contributed by atoms with Gasteiger partial charge in [0.15, 0.2) is 0 Å². The smallest absolute Gasteiger partial charge is 0.0719 e. The van der Waals surface area contributed by atoms with Crippen molar-refractivity contribution in [2.75, 3.05) is 0 Å². The topological polar surface area (TPSA) is 12.9 Å². The van der Waals surface area contributed by atoms with Gasteiger partial charge < -0.3 is 0 Å². The second-order valence-corrected chi connectivity index (χ2v) is 8.38. The Hall–Kier alpha value is -2.71. The third-order valence-electron chi connectivity index (χ3n) is 5.32. The molecule has 5 aromatic rings. The predicted octanol–water partition coefficient (Wildman–Crippen LogP) is 7.70. The van der Waals surface area contributed by atoms with Crippen molar-refractivity contribution in [2.45, 2.75) is 26.7 Å². The van der Waals surface area contributed by atoms with E-state index in [0.717, 1.165) is 16.8 Å². The molecule has 0 N–H and O–H groups in total. The molecule has 132 valence electrons. The standard InChI is InChI=1S/C25H21NS/c1-15(2)17-11-12-26-22(14-17)20-9-6-10-21-24-19-8-5-4-7-18(19)16(3)13-23(24)27-25(20)21/h4-15H,1-3H3/i15D. The summed E-state index contributed by atoms with van der Waals surface area (Å²) < 4.78 is 11.0. The molecule has 0 fully saturated rings. The molecule has 0 saturated carbocycles. The molecular weight excluding hydrogens is 346 g/mol. The molecule has 0 spiro atoms. The fourth-order valence-corrected chi connectivity index (χ4v) is 5.27. The first-order valence-corrected chi connectivity index (χ1v) is 10.1. The highest BCUT2D eigenvalue weighted by Gasteiger charge is 2.14. The Morgan fingerprint density at radius 3 is 2.52 bits per heavy atom. The van der Waals surface area contributed by atoms with Crippen LogP contribution in [0.25, 0.3) is 42.2 Å². The molecule has 2 heteroatoms. The predicted molar refractivity (Wildman–Crippen MR) is 119 cm³/mol. The number of pyridine rings is 1. The summed E-state index contributed by atoms with van der Waals surface area (Å²) in [6, 6.07) is 21.5. The maximum Gasteiger partial charge on any atom is 0.0719 e. The number of aromatic nitrogens is 1. The molecular formula is C25H21NS. The van der Waals surface area contributed by atoms with Crippen molar-refractivity contribution in [2.24, 2.45) is 0 Å². The zero-order valence-corrected chi connectivity index (χ0v) is 16.5. The van der Waals surface area contributed by atoms with E-state index in [1.54, 1.807) is 0 Å². The molecule has 0 saturated heterocycles. The minimum atomic E-state index is -0.640. The molecule has 0 bridgehead atoms. The summed E-state index contributed by atoms with van der Waals surface area (Å²) in [5, 5.41) is 5.25. The first kappa shape index (κ1) is 15.4. The van der Waals surface area contributed by atoms with Crippen LogP contribution in [-0.2, 0) is 0 Å². The Balaban J connectivity index is 1.86. The molecule has 5 rings (SSSR count). The van der Waals surface area contributed by atoms with E-state index in [1.165, 1.54) is 36.5 Å². The normalized spacial score (nSPS) is 12.8. The quantitative estimate of drug-likeness (QED) is 0.311. The van der Waals surface area contributed by atoms with Crippen molar-refractivity contribution < 1.29 is 1.37 Å². The average Bonchev–Trinajstić information content (AvgIpc) is 3.06. The van der Waals surface area contributed by atoms with E-state index < -0.39 is 5.89 Å². The maximum absolute atomic E-state index is 8.37. The molecule has 0 atom stereocenters. The molecule has 0 amide bonds. The highest BCUT2D eigenvalue weighted by atomic mass is 32.1. The fraction of sp³-hybridized carbons (Fsp3) is 0.160. The number of thiophene rings is 1. The van der Waals surface area contributed by atoms with Gasteiger partial charge in [0.05, 0.1) is 5.69 Å². The van der Waals surface area contributed by atoms with Gasteiger partial charge in [-0.2, -0.15) is 0 Å². The van der Waals surface area contributed by atoms with Gasteiger partial charge in [-0.05, 0) is 52.9 Å². The minimum absolute atomic E-state index is 0.640. The van der Waals surface area contributed by atoms with Crippen LogP contribution in [0.5, 0.6) is 0 Å². The Bertz CT molecular complexity index is 1360. The van der Waals surface area contributed by atoms with Crippen LogP contribution in [0.1, 0.15) is 32.2 Å². The number of fused-ring (bicyclic) bond motifs is 5. The van der Waals surface area contributed by atoms with Gasteiger partial charge in [0.25, 0.3) is 0 Å². The minimum Gasteiger partial charge on any atom is -0.256 e. The third kappa shape index (κ3) is 2.55. The average molecular weight is 369 g/mol. The molecule has 2 heterocycles. The molecule has 0 unspecified atom stereocenters. The summed E-state index contributed by atoms with van der Waals surface area (Å²) in [4.78, 5) is 4.65. The zero-order valence-electron chi connectivity index (χ0n) is 16.7. The van der Waals surface area contributed by atoms with Crippen LogP contribution in [0.3, 0.4) is 0 Å². The highest BCUT2D eigenvalue weighted by Crippen LogP contribution is 2.43. The van der Waals surface area contributed by atoms with Gasteiger partial charge >= 0.3 is 0 Å². The molecule has 3 aromatic carbocycles. The molecule has 0 aliphatic rings. The second kappa shape index (κ2) is 6.17. The van der Waals surface area contributed by atoms with Crippen LogP contribution < -0.4 is 0 Å². The van der Waals surface area contributed by atoms with Crippen molar-refractivity contribution in [3.8, 4) is 11.3 Å². The van der Waals surface area contributed by atoms with Gasteiger partial charge in [0.1, 0.15) is 0 Å². The molecule has 2 aromatic heterocycles. The third-order valence-corrected chi connectivity index (χ3v) is 6.51. The Labute approximate surface area is 164 Å². The number of nitrogens with zero attached hydrogens (tertiary/aromatic N) is 1. The van der Waals surface area contributed by atoms with E-state index in [2.05, 4.69) is 66.5 Å². The van der Waals surface area contributed by atoms with Crippen LogP contribution in [0.4, 0.5) is 0 Å². The van der Waals surface area contributed by atoms with Crippen LogP contribution in [0, 0.1) is 6.92 Å². The summed E-state index contributed by atoms with van der Waals surface area (Å²) in [7, 11) is 0. The van der Waals surface area contributed by atoms with E-state index in [1.807, 2.05) is 37.4 Å². The number of benzene rings is 3. The maximum atomic E-state index is 8.37. The number of hydrogen-bond donors (Lipinski definition) is 0. The van der Waals surface area contributed by atoms with Crippen LogP contribution in [0.2, 0.25) is 0 Å². The van der Waals surface area contributed by atoms with Crippen LogP contribution >= 0.6 is 11.3 Å². The lowest BCUT2D eigenvalue weighted by Gasteiger charge is -2.08. The molecule has 1 nitrogen and oxygen atoms in total. The lowest BCUT2D eigenvalue weighted by atomic mass is 9.98. The van der Waals surface area contributed by atoms with E-state index in [0.29, 0.717) is 0 Å². The molecule has 0 radical (unpaired) electrons. The Morgan fingerprint density at radius 2 is 1.70 bits per heavy atom. The first-order valence-electron chi connectivity index (χ1n) is 9.74. The zero-order chi connectivity index (χ0) is 19.5. The molecule has 0 aliphatic carbocycles.